The van der Waals surface area contributed by atoms with Gasteiger partial charge in [0.05, 0.1) is 19.3 Å². The molecule has 3 atom stereocenters. The van der Waals surface area contributed by atoms with Gasteiger partial charge in [-0.2, -0.15) is 0 Å². The van der Waals surface area contributed by atoms with Gasteiger partial charge in [-0.05, 0) is 0 Å². The normalized spacial score (nSPS) is 45.8. The van der Waals surface area contributed by atoms with E-state index >= 15 is 0 Å². The van der Waals surface area contributed by atoms with Crippen molar-refractivity contribution in [2.45, 2.75) is 24.4 Å². The highest BCUT2D eigenvalue weighted by Gasteiger charge is 2.38. The van der Waals surface area contributed by atoms with Crippen LogP contribution in [0.4, 0.5) is 0 Å². The molecule has 0 radical (unpaired) electrons. The Bertz CT molecular complexity index is 139. The highest BCUT2D eigenvalue weighted by Crippen LogP contribution is 2.21. The molecule has 1 aliphatic rings. The molecule has 0 aromatic carbocycles. The zero-order valence-corrected chi connectivity index (χ0v) is 5.97. The summed E-state index contributed by atoms with van der Waals surface area (Å²) in [4.78, 5) is 0. The van der Waals surface area contributed by atoms with E-state index < -0.39 is 24.6 Å². The first kappa shape index (κ1) is 8.89. The lowest BCUT2D eigenvalue weighted by molar-refractivity contribution is -0.282. The molecule has 0 amide bonds. The van der Waals surface area contributed by atoms with Crippen LogP contribution in [0, 0.1) is 0 Å². The fourth-order valence-electron chi connectivity index (χ4n) is 0.984. The summed E-state index contributed by atoms with van der Waals surface area (Å²) in [5, 5.41) is 35.8. The second-order valence-corrected chi connectivity index (χ2v) is 2.75. The van der Waals surface area contributed by atoms with E-state index in [0.717, 1.165) is 0 Å². The lowest BCUT2D eigenvalue weighted by Crippen LogP contribution is -2.51. The maximum Gasteiger partial charge on any atom is 0.191 e. The molecule has 1 saturated heterocycles. The Hall–Kier alpha value is -0.200. The maximum atomic E-state index is 9.22. The highest BCUT2D eigenvalue weighted by molar-refractivity contribution is 4.81. The molecule has 0 bridgehead atoms. The Balaban J connectivity index is 2.51. The minimum Gasteiger partial charge on any atom is -0.391 e. The van der Waals surface area contributed by atoms with Gasteiger partial charge < -0.3 is 25.2 Å². The zero-order valence-electron chi connectivity index (χ0n) is 5.97. The van der Waals surface area contributed by atoms with Crippen LogP contribution < -0.4 is 0 Å². The van der Waals surface area contributed by atoms with Crippen molar-refractivity contribution in [3.8, 4) is 0 Å². The van der Waals surface area contributed by atoms with Crippen molar-refractivity contribution in [1.29, 1.82) is 0 Å². The van der Waals surface area contributed by atoms with E-state index in [2.05, 4.69) is 0 Å². The lowest BCUT2D eigenvalue weighted by Gasteiger charge is -2.35. The quantitative estimate of drug-likeness (QED) is 0.353. The lowest BCUT2D eigenvalue weighted by atomic mass is 10.0. The predicted octanol–water partition coefficient (Wildman–Crippen LogP) is -2.19. The minimum absolute atomic E-state index is 0.155. The molecule has 5 nitrogen and oxygen atoms in total. The summed E-state index contributed by atoms with van der Waals surface area (Å²) in [7, 11) is 0. The van der Waals surface area contributed by atoms with Gasteiger partial charge in [-0.15, -0.1) is 0 Å². The molecule has 4 N–H and O–H groups in total. The Morgan fingerprint density at radius 2 is 2.00 bits per heavy atom. The first-order chi connectivity index (χ1) is 5.07. The van der Waals surface area contributed by atoms with Gasteiger partial charge >= 0.3 is 0 Å². The van der Waals surface area contributed by atoms with Crippen molar-refractivity contribution < 1.29 is 25.2 Å². The van der Waals surface area contributed by atoms with Gasteiger partial charge in [0.1, 0.15) is 6.10 Å². The summed E-state index contributed by atoms with van der Waals surface area (Å²) >= 11 is 0. The van der Waals surface area contributed by atoms with Crippen molar-refractivity contribution in [3.63, 3.8) is 0 Å². The largest absolute Gasteiger partial charge is 0.391 e. The van der Waals surface area contributed by atoms with Gasteiger partial charge in [-0.1, -0.05) is 0 Å². The molecular formula is C6H12O5. The van der Waals surface area contributed by atoms with E-state index in [4.69, 9.17) is 20.1 Å². The van der Waals surface area contributed by atoms with Crippen LogP contribution >= 0.6 is 0 Å². The number of hydrogen-bond donors (Lipinski definition) is 4. The van der Waals surface area contributed by atoms with Crippen LogP contribution in [0.5, 0.6) is 0 Å². The van der Waals surface area contributed by atoms with E-state index in [9.17, 15) is 5.11 Å². The Morgan fingerprint density at radius 1 is 1.36 bits per heavy atom. The summed E-state index contributed by atoms with van der Waals surface area (Å²) in [6.07, 6.45) is -2.16. The maximum absolute atomic E-state index is 9.22. The van der Waals surface area contributed by atoms with E-state index in [1.807, 2.05) is 0 Å². The van der Waals surface area contributed by atoms with Gasteiger partial charge in [-0.25, -0.2) is 0 Å². The van der Waals surface area contributed by atoms with Crippen LogP contribution in [-0.4, -0.2) is 51.6 Å². The fourth-order valence-corrected chi connectivity index (χ4v) is 0.984. The van der Waals surface area contributed by atoms with E-state index in [1.165, 1.54) is 0 Å². The molecule has 1 aliphatic heterocycles. The van der Waals surface area contributed by atoms with Gasteiger partial charge in [0, 0.05) is 6.42 Å². The predicted molar refractivity (Wildman–Crippen MR) is 34.6 cm³/mol. The van der Waals surface area contributed by atoms with Crippen LogP contribution in [0.3, 0.4) is 0 Å². The molecule has 66 valence electrons. The monoisotopic (exact) mass is 164 g/mol. The third-order valence-corrected chi connectivity index (χ3v) is 1.74. The third kappa shape index (κ3) is 1.88. The van der Waals surface area contributed by atoms with Crippen LogP contribution in [0.1, 0.15) is 6.42 Å². The van der Waals surface area contributed by atoms with E-state index in [-0.39, 0.29) is 13.0 Å². The molecule has 1 rings (SSSR count). The second-order valence-electron chi connectivity index (χ2n) is 2.75. The van der Waals surface area contributed by atoms with Crippen LogP contribution in [0.15, 0.2) is 0 Å². The Kier molecular flexibility index (Phi) is 2.46. The molecule has 1 heterocycles. The average Bonchev–Trinajstić information content (AvgIpc) is 1.98. The molecule has 11 heavy (non-hydrogen) atoms. The molecule has 0 aliphatic carbocycles. The van der Waals surface area contributed by atoms with Crippen molar-refractivity contribution >= 4 is 0 Å². The molecule has 0 aromatic heterocycles. The van der Waals surface area contributed by atoms with Crippen molar-refractivity contribution in [2.24, 2.45) is 0 Å². The van der Waals surface area contributed by atoms with E-state index in [0.29, 0.717) is 0 Å². The summed E-state index contributed by atoms with van der Waals surface area (Å²) in [5.74, 6) is -1.68. The van der Waals surface area contributed by atoms with Crippen LogP contribution in [-0.2, 0) is 4.74 Å². The second kappa shape index (κ2) is 3.04. The third-order valence-electron chi connectivity index (χ3n) is 1.74. The summed E-state index contributed by atoms with van der Waals surface area (Å²) < 4.78 is 4.69. The summed E-state index contributed by atoms with van der Waals surface area (Å²) in [5.41, 5.74) is 0. The standard InChI is InChI=1S/C6H12O5/c7-3-6(10)1-4(8)5(9)2-11-6/h4-5,7-10H,1-3H2/t4-,5+,6-/m1/s1. The Morgan fingerprint density at radius 3 is 2.45 bits per heavy atom. The summed E-state index contributed by atoms with van der Waals surface area (Å²) in [6.45, 7) is -0.727. The molecule has 1 fully saturated rings. The average molecular weight is 164 g/mol. The number of rotatable bonds is 1. The first-order valence-electron chi connectivity index (χ1n) is 3.41. The smallest absolute Gasteiger partial charge is 0.191 e. The van der Waals surface area contributed by atoms with Gasteiger partial charge in [0.15, 0.2) is 5.79 Å². The number of aliphatic hydroxyl groups excluding tert-OH is 3. The highest BCUT2D eigenvalue weighted by atomic mass is 16.6. The number of hydrogen-bond acceptors (Lipinski definition) is 5. The molecule has 0 unspecified atom stereocenters. The van der Waals surface area contributed by atoms with Crippen molar-refractivity contribution in [3.05, 3.63) is 0 Å². The molecule has 0 saturated carbocycles. The van der Waals surface area contributed by atoms with Crippen LogP contribution in [0.25, 0.3) is 0 Å². The van der Waals surface area contributed by atoms with Gasteiger partial charge in [0.25, 0.3) is 0 Å². The fraction of sp³-hybridized carbons (Fsp3) is 1.00. The first-order valence-corrected chi connectivity index (χ1v) is 3.41. The molecule has 0 aromatic rings. The summed E-state index contributed by atoms with van der Waals surface area (Å²) in [6, 6.07) is 0. The van der Waals surface area contributed by atoms with Crippen LogP contribution in [0.2, 0.25) is 0 Å². The molecule has 0 spiro atoms. The van der Waals surface area contributed by atoms with Crippen molar-refractivity contribution in [1.82, 2.24) is 0 Å². The van der Waals surface area contributed by atoms with E-state index in [1.54, 1.807) is 0 Å². The topological polar surface area (TPSA) is 90.2 Å². The number of aliphatic hydroxyl groups is 4. The van der Waals surface area contributed by atoms with Crippen molar-refractivity contribution in [2.75, 3.05) is 13.2 Å². The number of ether oxygens (including phenoxy) is 1. The van der Waals surface area contributed by atoms with Gasteiger partial charge in [0.2, 0.25) is 0 Å². The molecular weight excluding hydrogens is 152 g/mol. The minimum atomic E-state index is -1.68. The Labute approximate surface area is 63.8 Å². The zero-order chi connectivity index (χ0) is 8.48. The molecule has 5 heteroatoms. The SMILES string of the molecule is OC[C@@]1(O)C[C@@H](O)[C@@H](O)CO1. The van der Waals surface area contributed by atoms with Gasteiger partial charge in [-0.3, -0.25) is 0 Å².